The molecule has 2 aromatic carbocycles. The van der Waals surface area contributed by atoms with Gasteiger partial charge in [-0.15, -0.1) is 0 Å². The van der Waals surface area contributed by atoms with Crippen LogP contribution < -0.4 is 11.0 Å². The van der Waals surface area contributed by atoms with E-state index in [9.17, 15) is 14.4 Å². The first-order valence-corrected chi connectivity index (χ1v) is 9.97. The molecule has 0 unspecified atom stereocenters. The van der Waals surface area contributed by atoms with Gasteiger partial charge < -0.3 is 0 Å². The number of carbonyl (C=O) groups is 2. The minimum absolute atomic E-state index is 0.0163. The van der Waals surface area contributed by atoms with E-state index < -0.39 is 0 Å². The zero-order valence-corrected chi connectivity index (χ0v) is 17.0. The summed E-state index contributed by atoms with van der Waals surface area (Å²) < 4.78 is 1.46. The highest BCUT2D eigenvalue weighted by atomic mass is 16.2. The van der Waals surface area contributed by atoms with E-state index in [0.29, 0.717) is 28.0 Å². The average Bonchev–Trinajstić information content (AvgIpc) is 2.87. The van der Waals surface area contributed by atoms with E-state index in [1.165, 1.54) is 9.58 Å². The van der Waals surface area contributed by atoms with Gasteiger partial charge in [0.1, 0.15) is 12.4 Å². The third-order valence-electron chi connectivity index (χ3n) is 5.29. The van der Waals surface area contributed by atoms with E-state index in [1.54, 1.807) is 42.5 Å². The van der Waals surface area contributed by atoms with Crippen molar-refractivity contribution in [3.8, 4) is 5.69 Å². The molecule has 2 heterocycles. The summed E-state index contributed by atoms with van der Waals surface area (Å²) in [4.78, 5) is 45.6. The lowest BCUT2D eigenvalue weighted by molar-refractivity contribution is -0.126. The summed E-state index contributed by atoms with van der Waals surface area (Å²) in [6, 6.07) is 13.9. The van der Waals surface area contributed by atoms with Gasteiger partial charge in [0.05, 0.1) is 28.7 Å². The number of fused-ring (bicyclic) bond motifs is 4. The number of nitrogens with zero attached hydrogens (tertiary/aromatic N) is 4. The van der Waals surface area contributed by atoms with E-state index in [4.69, 9.17) is 0 Å². The maximum Gasteiger partial charge on any atom is 0.274 e. The highest BCUT2D eigenvalue weighted by Gasteiger charge is 2.29. The summed E-state index contributed by atoms with van der Waals surface area (Å²) >= 11 is 0. The molecule has 1 N–H and O–H groups in total. The first-order chi connectivity index (χ1) is 14.5. The molecule has 1 aromatic heterocycles. The van der Waals surface area contributed by atoms with Gasteiger partial charge in [0.2, 0.25) is 0 Å². The number of hydrazine groups is 1. The molecule has 0 aliphatic carbocycles. The number of benzene rings is 2. The molecule has 0 atom stereocenters. The van der Waals surface area contributed by atoms with Gasteiger partial charge in [-0.05, 0) is 37.4 Å². The number of hydrogen-bond donors (Lipinski definition) is 1. The zero-order valence-electron chi connectivity index (χ0n) is 17.0. The smallest absolute Gasteiger partial charge is 0.274 e. The molecule has 8 heteroatoms. The Morgan fingerprint density at radius 3 is 2.53 bits per heavy atom. The van der Waals surface area contributed by atoms with Crippen LogP contribution in [0.5, 0.6) is 0 Å². The second kappa shape index (κ2) is 8.08. The van der Waals surface area contributed by atoms with E-state index in [0.717, 1.165) is 13.1 Å². The molecule has 3 aromatic rings. The van der Waals surface area contributed by atoms with Gasteiger partial charge in [-0.3, -0.25) is 29.3 Å². The molecule has 154 valence electrons. The fourth-order valence-corrected chi connectivity index (χ4v) is 3.67. The lowest BCUT2D eigenvalue weighted by Gasteiger charge is -2.24. The number of hydrogen-bond acceptors (Lipinski definition) is 5. The van der Waals surface area contributed by atoms with E-state index in [2.05, 4.69) is 10.4 Å². The van der Waals surface area contributed by atoms with Gasteiger partial charge in [0.15, 0.2) is 0 Å². The molecule has 0 bridgehead atoms. The van der Waals surface area contributed by atoms with Crippen molar-refractivity contribution in [1.82, 2.24) is 24.9 Å². The number of rotatable bonds is 5. The average molecular weight is 405 g/mol. The van der Waals surface area contributed by atoms with Gasteiger partial charge in [0, 0.05) is 0 Å². The molecule has 1 aliphatic heterocycles. The topological polar surface area (TPSA) is 87.5 Å². The normalized spacial score (nSPS) is 13.2. The van der Waals surface area contributed by atoms with Crippen molar-refractivity contribution in [3.05, 3.63) is 70.3 Å². The fraction of sp³-hybridized carbons (Fsp3) is 0.273. The number of carbonyl (C=O) groups excluding carboxylic acids is 2. The second-order valence-corrected chi connectivity index (χ2v) is 7.09. The summed E-state index contributed by atoms with van der Waals surface area (Å²) in [5.74, 6) is -0.284. The minimum atomic E-state index is -0.382. The first-order valence-electron chi connectivity index (χ1n) is 9.97. The van der Waals surface area contributed by atoms with Crippen LogP contribution in [0.4, 0.5) is 0 Å². The van der Waals surface area contributed by atoms with Gasteiger partial charge in [0.25, 0.3) is 17.4 Å². The summed E-state index contributed by atoms with van der Waals surface area (Å²) in [6.45, 7) is 5.57. The number of nitrogens with one attached hydrogen (secondary N) is 1. The molecule has 30 heavy (non-hydrogen) atoms. The largest absolute Gasteiger partial charge is 0.295 e. The molecule has 4 rings (SSSR count). The third-order valence-corrected chi connectivity index (χ3v) is 5.29. The maximum absolute atomic E-state index is 13.2. The van der Waals surface area contributed by atoms with Crippen LogP contribution >= 0.6 is 0 Å². The molecular weight excluding hydrogens is 382 g/mol. The first kappa shape index (κ1) is 19.8. The zero-order chi connectivity index (χ0) is 21.3. The number of aromatic nitrogens is 2. The molecule has 0 radical (unpaired) electrons. The summed E-state index contributed by atoms with van der Waals surface area (Å²) in [5.41, 5.74) is 3.80. The Morgan fingerprint density at radius 1 is 1.07 bits per heavy atom. The van der Waals surface area contributed by atoms with E-state index in [-0.39, 0.29) is 30.5 Å². The molecular formula is C22H23N5O3. The lowest BCUT2D eigenvalue weighted by atomic mass is 10.1. The Balaban J connectivity index is 1.81. The van der Waals surface area contributed by atoms with Gasteiger partial charge >= 0.3 is 0 Å². The maximum atomic E-state index is 13.2. The van der Waals surface area contributed by atoms with Crippen LogP contribution in [0.25, 0.3) is 16.6 Å². The van der Waals surface area contributed by atoms with Crippen molar-refractivity contribution in [2.24, 2.45) is 0 Å². The number of likely N-dealkylation sites (N-methyl/N-ethyl adjacent to an activating group) is 1. The van der Waals surface area contributed by atoms with Crippen LogP contribution in [0, 0.1) is 0 Å². The predicted molar refractivity (Wildman–Crippen MR) is 113 cm³/mol. The molecule has 8 nitrogen and oxygen atoms in total. The van der Waals surface area contributed by atoms with Gasteiger partial charge in [-0.1, -0.05) is 38.1 Å². The molecule has 1 aliphatic rings. The SMILES string of the molecule is CCN(CC)CC(=O)NN1Cc2nc3ccccc3c(=O)n2-c2ccccc2C1=O. The Hall–Kier alpha value is -3.52. The van der Waals surface area contributed by atoms with Crippen LogP contribution in [0.15, 0.2) is 53.3 Å². The van der Waals surface area contributed by atoms with E-state index >= 15 is 0 Å². The van der Waals surface area contributed by atoms with Gasteiger partial charge in [-0.25, -0.2) is 9.99 Å². The Bertz CT molecular complexity index is 1180. The number of para-hydroxylation sites is 2. The van der Waals surface area contributed by atoms with Crippen molar-refractivity contribution in [2.45, 2.75) is 20.4 Å². The van der Waals surface area contributed by atoms with Crippen molar-refractivity contribution < 1.29 is 9.59 Å². The summed E-state index contributed by atoms with van der Waals surface area (Å²) in [6.07, 6.45) is 0. The number of amides is 2. The van der Waals surface area contributed by atoms with Crippen molar-refractivity contribution >= 4 is 22.7 Å². The van der Waals surface area contributed by atoms with E-state index in [1.807, 2.05) is 24.8 Å². The predicted octanol–water partition coefficient (Wildman–Crippen LogP) is 1.71. The van der Waals surface area contributed by atoms with Crippen molar-refractivity contribution in [2.75, 3.05) is 19.6 Å². The minimum Gasteiger partial charge on any atom is -0.295 e. The Kier molecular flexibility index (Phi) is 5.33. The lowest BCUT2D eigenvalue weighted by Crippen LogP contribution is -2.49. The monoisotopic (exact) mass is 405 g/mol. The van der Waals surface area contributed by atoms with Crippen molar-refractivity contribution in [1.29, 1.82) is 0 Å². The highest BCUT2D eigenvalue weighted by molar-refractivity contribution is 5.99. The standard InChI is InChI=1S/C22H23N5O3/c1-3-25(4-2)14-20(28)24-26-13-19-23-17-11-7-5-9-15(17)22(30)27(19)18-12-8-6-10-16(18)21(26)29/h5-12H,3-4,13-14H2,1-2H3,(H,24,28). The Labute approximate surface area is 173 Å². The van der Waals surface area contributed by atoms with Gasteiger partial charge in [-0.2, -0.15) is 0 Å². The molecule has 2 amide bonds. The third kappa shape index (κ3) is 3.46. The van der Waals surface area contributed by atoms with Crippen LogP contribution in [-0.2, 0) is 11.3 Å². The Morgan fingerprint density at radius 2 is 1.77 bits per heavy atom. The fourth-order valence-electron chi connectivity index (χ4n) is 3.67. The van der Waals surface area contributed by atoms with Crippen LogP contribution in [0.2, 0.25) is 0 Å². The molecule has 0 saturated heterocycles. The second-order valence-electron chi connectivity index (χ2n) is 7.09. The summed E-state index contributed by atoms with van der Waals surface area (Å²) in [5, 5.41) is 1.72. The molecule has 0 saturated carbocycles. The van der Waals surface area contributed by atoms with Crippen LogP contribution in [0.1, 0.15) is 30.0 Å². The van der Waals surface area contributed by atoms with Crippen LogP contribution in [-0.4, -0.2) is 50.9 Å². The summed E-state index contributed by atoms with van der Waals surface area (Å²) in [7, 11) is 0. The van der Waals surface area contributed by atoms with Crippen molar-refractivity contribution in [3.63, 3.8) is 0 Å². The molecule has 0 spiro atoms. The van der Waals surface area contributed by atoms with Crippen LogP contribution in [0.3, 0.4) is 0 Å². The highest BCUT2D eigenvalue weighted by Crippen LogP contribution is 2.22. The molecule has 0 fully saturated rings. The quantitative estimate of drug-likeness (QED) is 0.698.